The van der Waals surface area contributed by atoms with Gasteiger partial charge in [0.1, 0.15) is 34.1 Å². The van der Waals surface area contributed by atoms with E-state index in [2.05, 4.69) is 59.7 Å². The van der Waals surface area contributed by atoms with E-state index < -0.39 is 21.9 Å². The third kappa shape index (κ3) is 13.2. The molecule has 1 aliphatic heterocycles. The van der Waals surface area contributed by atoms with Crippen LogP contribution in [0.3, 0.4) is 0 Å². The largest absolute Gasteiger partial charge is 0.494 e. The first kappa shape index (κ1) is 53.8. The zero-order valence-electron chi connectivity index (χ0n) is 42.7. The van der Waals surface area contributed by atoms with Crippen LogP contribution in [0.2, 0.25) is 5.02 Å². The standard InChI is InChI=1S/C54H63ClN10O7S2/c1-35-11-14-39(45(31-51(67)68)40-29-47-53(48(30-40)71-6)63(5)61-60-47)28-41(35)33-62(4)74(69,70)44-19-17-43(18-20-44)72-26-10-8-7-9-21-56-50(66)34-64-22-24-65(25-23-64)42-15-12-38(13-16-42)27-49-57-32-46(55)52(59-49)54-36(2)58-37(3)73-54/h11-20,28-30,32,45H,7-10,21-27,31,33-34H2,1-6H3,(H,56,66)(H,67,68). The maximum atomic E-state index is 13.8. The molecule has 0 saturated carbocycles. The molecule has 7 aromatic rings. The first-order valence-electron chi connectivity index (χ1n) is 24.7. The Labute approximate surface area is 441 Å². The van der Waals surface area contributed by atoms with Crippen LogP contribution in [-0.2, 0) is 39.6 Å². The Morgan fingerprint density at radius 3 is 2.36 bits per heavy atom. The second-order valence-electron chi connectivity index (χ2n) is 18.7. The van der Waals surface area contributed by atoms with Gasteiger partial charge in [-0.1, -0.05) is 60.0 Å². The highest BCUT2D eigenvalue weighted by molar-refractivity contribution is 7.89. The smallest absolute Gasteiger partial charge is 0.304 e. The average molecular weight is 1060 g/mol. The number of sulfonamides is 1. The number of carbonyl (C=O) groups is 2. The summed E-state index contributed by atoms with van der Waals surface area (Å²) in [7, 11) is 0.958. The number of benzene rings is 4. The number of carboxylic acid groups (broad SMARTS) is 1. The molecule has 3 aromatic heterocycles. The minimum Gasteiger partial charge on any atom is -0.494 e. The summed E-state index contributed by atoms with van der Waals surface area (Å²) in [5.41, 5.74) is 8.24. The summed E-state index contributed by atoms with van der Waals surface area (Å²) in [4.78, 5) is 44.4. The first-order chi connectivity index (χ1) is 35.6. The van der Waals surface area contributed by atoms with Gasteiger partial charge >= 0.3 is 5.97 Å². The number of ether oxygens (including phenoxy) is 2. The lowest BCUT2D eigenvalue weighted by Gasteiger charge is -2.35. The topological polar surface area (TPSA) is 198 Å². The van der Waals surface area contributed by atoms with Gasteiger partial charge in [0, 0.05) is 77.6 Å². The van der Waals surface area contributed by atoms with Crippen LogP contribution < -0.4 is 19.7 Å². The van der Waals surface area contributed by atoms with Crippen LogP contribution in [0.1, 0.15) is 82.4 Å². The van der Waals surface area contributed by atoms with Crippen molar-refractivity contribution in [2.45, 2.75) is 76.7 Å². The number of methoxy groups -OCH3 is 1. The predicted octanol–water partition coefficient (Wildman–Crippen LogP) is 8.36. The van der Waals surface area contributed by atoms with Crippen LogP contribution in [-0.4, -0.2) is 125 Å². The molecule has 17 nitrogen and oxygen atoms in total. The van der Waals surface area contributed by atoms with Crippen molar-refractivity contribution in [3.63, 3.8) is 0 Å². The number of halogens is 1. The molecule has 1 aliphatic rings. The Hall–Kier alpha value is -6.51. The van der Waals surface area contributed by atoms with Crippen LogP contribution in [0, 0.1) is 20.8 Å². The molecule has 1 fully saturated rings. The molecular weight excluding hydrogens is 1000 g/mol. The third-order valence-corrected chi connectivity index (χ3v) is 16.5. The number of rotatable bonds is 23. The number of nitrogens with one attached hydrogen (secondary N) is 1. The van der Waals surface area contributed by atoms with E-state index in [1.165, 1.54) is 11.4 Å². The second kappa shape index (κ2) is 24.2. The molecule has 74 heavy (non-hydrogen) atoms. The Bertz CT molecular complexity index is 3200. The zero-order chi connectivity index (χ0) is 52.5. The van der Waals surface area contributed by atoms with Gasteiger partial charge in [-0.2, -0.15) is 4.31 Å². The molecule has 0 radical (unpaired) electrons. The molecule has 0 spiro atoms. The number of unbranched alkanes of at least 4 members (excludes halogenated alkanes) is 3. The summed E-state index contributed by atoms with van der Waals surface area (Å²) in [5.74, 6) is 0.322. The Balaban J connectivity index is 0.718. The normalized spacial score (nSPS) is 13.6. The number of thiazole rings is 1. The van der Waals surface area contributed by atoms with E-state index >= 15 is 0 Å². The van der Waals surface area contributed by atoms with Crippen molar-refractivity contribution in [1.29, 1.82) is 0 Å². The highest BCUT2D eigenvalue weighted by atomic mass is 35.5. The summed E-state index contributed by atoms with van der Waals surface area (Å²) in [6.07, 6.45) is 5.64. The fourth-order valence-electron chi connectivity index (χ4n) is 9.25. The van der Waals surface area contributed by atoms with Crippen LogP contribution in [0.25, 0.3) is 21.6 Å². The number of hydrogen-bond acceptors (Lipinski definition) is 14. The summed E-state index contributed by atoms with van der Waals surface area (Å²) in [6.45, 7) is 10.7. The Morgan fingerprint density at radius 2 is 1.66 bits per heavy atom. The number of anilines is 1. The van der Waals surface area contributed by atoms with Crippen molar-refractivity contribution in [2.24, 2.45) is 7.05 Å². The van der Waals surface area contributed by atoms with Gasteiger partial charge < -0.3 is 24.8 Å². The minimum atomic E-state index is -3.88. The van der Waals surface area contributed by atoms with Gasteiger partial charge in [0.05, 0.1) is 52.2 Å². The quantitative estimate of drug-likeness (QED) is 0.0580. The van der Waals surface area contributed by atoms with Gasteiger partial charge in [0.2, 0.25) is 15.9 Å². The number of fused-ring (bicyclic) bond motifs is 1. The van der Waals surface area contributed by atoms with Crippen LogP contribution >= 0.6 is 22.9 Å². The molecule has 4 aromatic carbocycles. The highest BCUT2D eigenvalue weighted by Gasteiger charge is 2.26. The zero-order valence-corrected chi connectivity index (χ0v) is 45.1. The van der Waals surface area contributed by atoms with Crippen molar-refractivity contribution in [3.05, 3.63) is 134 Å². The lowest BCUT2D eigenvalue weighted by molar-refractivity contribution is -0.137. The summed E-state index contributed by atoms with van der Waals surface area (Å²) < 4.78 is 42.0. The van der Waals surface area contributed by atoms with E-state index in [0.717, 1.165) is 101 Å². The molecular formula is C54H63ClN10O7S2. The van der Waals surface area contributed by atoms with Crippen molar-refractivity contribution < 1.29 is 32.6 Å². The Kier molecular flexibility index (Phi) is 17.6. The van der Waals surface area contributed by atoms with E-state index in [1.54, 1.807) is 60.6 Å². The van der Waals surface area contributed by atoms with E-state index in [0.29, 0.717) is 65.1 Å². The number of piperazine rings is 1. The number of nitrogens with zero attached hydrogens (tertiary/aromatic N) is 9. The molecule has 20 heteroatoms. The lowest BCUT2D eigenvalue weighted by Crippen LogP contribution is -2.49. The number of aliphatic carboxylic acids is 1. The molecule has 8 rings (SSSR count). The van der Waals surface area contributed by atoms with E-state index in [-0.39, 0.29) is 23.8 Å². The number of carboxylic acids is 1. The van der Waals surface area contributed by atoms with Gasteiger partial charge in [-0.05, 0) is 110 Å². The van der Waals surface area contributed by atoms with E-state index in [1.807, 2.05) is 51.1 Å². The number of hydrogen-bond donors (Lipinski definition) is 2. The second-order valence-corrected chi connectivity index (χ2v) is 22.4. The van der Waals surface area contributed by atoms with Gasteiger partial charge in [0.15, 0.2) is 0 Å². The molecule has 2 N–H and O–H groups in total. The number of aromatic nitrogens is 6. The molecule has 390 valence electrons. The molecule has 0 bridgehead atoms. The van der Waals surface area contributed by atoms with Gasteiger partial charge in [-0.15, -0.1) is 16.4 Å². The van der Waals surface area contributed by atoms with Crippen LogP contribution in [0.15, 0.2) is 90.0 Å². The Morgan fingerprint density at radius 1 is 0.919 bits per heavy atom. The third-order valence-electron chi connectivity index (χ3n) is 13.4. The van der Waals surface area contributed by atoms with Crippen LogP contribution in [0.5, 0.6) is 11.5 Å². The van der Waals surface area contributed by atoms with Crippen LogP contribution in [0.4, 0.5) is 5.69 Å². The number of aryl methyl sites for hydroxylation is 4. The maximum absolute atomic E-state index is 13.8. The maximum Gasteiger partial charge on any atom is 0.304 e. The van der Waals surface area contributed by atoms with Crippen molar-refractivity contribution in [3.8, 4) is 22.1 Å². The van der Waals surface area contributed by atoms with Gasteiger partial charge in [0.25, 0.3) is 0 Å². The van der Waals surface area contributed by atoms with E-state index in [9.17, 15) is 23.1 Å². The molecule has 0 aliphatic carbocycles. The molecule has 1 atom stereocenters. The molecule has 1 amide bonds. The number of amides is 1. The highest BCUT2D eigenvalue weighted by Crippen LogP contribution is 2.36. The minimum absolute atomic E-state index is 0.0392. The van der Waals surface area contributed by atoms with E-state index in [4.69, 9.17) is 26.1 Å². The average Bonchev–Trinajstić information content (AvgIpc) is 3.94. The molecule has 4 heterocycles. The van der Waals surface area contributed by atoms with Gasteiger partial charge in [-0.25, -0.2) is 28.1 Å². The molecule has 1 saturated heterocycles. The summed E-state index contributed by atoms with van der Waals surface area (Å²) in [5, 5.41) is 22.8. The predicted molar refractivity (Wildman–Crippen MR) is 288 cm³/mol. The van der Waals surface area contributed by atoms with Crippen molar-refractivity contribution in [1.82, 2.24) is 44.5 Å². The fraction of sp³-hybridized carbons (Fsp3) is 0.389. The fourth-order valence-corrected chi connectivity index (χ4v) is 11.6. The van der Waals surface area contributed by atoms with Crippen molar-refractivity contribution >= 4 is 61.6 Å². The number of carbonyl (C=O) groups excluding carboxylic acids is 1. The SMILES string of the molecule is COc1cc(C(CC(=O)O)c2ccc(C)c(CN(C)S(=O)(=O)c3ccc(OCCCCCCNC(=O)CN4CCN(c5ccc(Cc6ncc(Cl)c(-c7sc(C)nc7C)n6)cc5)CC4)cc3)c2)cc2nnn(C)c12. The summed E-state index contributed by atoms with van der Waals surface area (Å²) >= 11 is 8.06. The molecule has 1 unspecified atom stereocenters. The monoisotopic (exact) mass is 1060 g/mol. The summed E-state index contributed by atoms with van der Waals surface area (Å²) in [6, 6.07) is 24.2. The van der Waals surface area contributed by atoms with Gasteiger partial charge in [-0.3, -0.25) is 14.5 Å². The first-order valence-corrected chi connectivity index (χ1v) is 27.4. The van der Waals surface area contributed by atoms with Crippen molar-refractivity contribution in [2.75, 3.05) is 64.9 Å². The lowest BCUT2D eigenvalue weighted by atomic mass is 9.86.